The zero-order valence-corrected chi connectivity index (χ0v) is 18.3. The van der Waals surface area contributed by atoms with Crippen molar-refractivity contribution in [2.24, 2.45) is 7.05 Å². The summed E-state index contributed by atoms with van der Waals surface area (Å²) in [6.07, 6.45) is 3.09. The normalized spacial score (nSPS) is 13.2. The molecule has 28 heavy (non-hydrogen) atoms. The Morgan fingerprint density at radius 2 is 1.93 bits per heavy atom. The van der Waals surface area contributed by atoms with Crippen LogP contribution in [0, 0.1) is 6.92 Å². The second-order valence-corrected chi connectivity index (χ2v) is 8.37. The number of thioether (sulfide) groups is 1. The molecule has 1 aromatic carbocycles. The van der Waals surface area contributed by atoms with Gasteiger partial charge in [-0.1, -0.05) is 62.4 Å². The van der Waals surface area contributed by atoms with Gasteiger partial charge in [-0.2, -0.15) is 0 Å². The van der Waals surface area contributed by atoms with Gasteiger partial charge < -0.3 is 5.32 Å². The van der Waals surface area contributed by atoms with E-state index in [4.69, 9.17) is 0 Å². The average Bonchev–Trinajstić information content (AvgIpc) is 2.69. The molecule has 2 unspecified atom stereocenters. The van der Waals surface area contributed by atoms with Crippen LogP contribution in [0.15, 0.2) is 40.3 Å². The van der Waals surface area contributed by atoms with Crippen molar-refractivity contribution in [2.75, 3.05) is 0 Å². The maximum atomic E-state index is 13.0. The van der Waals surface area contributed by atoms with Crippen molar-refractivity contribution in [1.29, 1.82) is 0 Å². The molecule has 0 aliphatic heterocycles. The molecule has 0 saturated carbocycles. The third kappa shape index (κ3) is 5.71. The topological polar surface area (TPSA) is 64.0 Å². The minimum atomic E-state index is -0.253. The molecule has 2 atom stereocenters. The molecule has 1 aromatic heterocycles. The predicted octanol–water partition coefficient (Wildman–Crippen LogP) is 3.86. The first-order valence-corrected chi connectivity index (χ1v) is 10.8. The van der Waals surface area contributed by atoms with Gasteiger partial charge in [-0.15, -0.1) is 0 Å². The molecule has 5 nitrogen and oxygen atoms in total. The molecule has 1 heterocycles. The Morgan fingerprint density at radius 1 is 1.25 bits per heavy atom. The van der Waals surface area contributed by atoms with E-state index in [0.29, 0.717) is 17.1 Å². The van der Waals surface area contributed by atoms with Gasteiger partial charge in [0.05, 0.1) is 5.25 Å². The quantitative estimate of drug-likeness (QED) is 0.512. The van der Waals surface area contributed by atoms with E-state index in [2.05, 4.69) is 17.2 Å². The van der Waals surface area contributed by atoms with Crippen molar-refractivity contribution >= 4 is 17.7 Å². The fourth-order valence-corrected chi connectivity index (χ4v) is 4.12. The van der Waals surface area contributed by atoms with E-state index >= 15 is 0 Å². The Hall–Kier alpha value is -2.08. The lowest BCUT2D eigenvalue weighted by molar-refractivity contribution is -0.121. The molecule has 2 rings (SSSR count). The summed E-state index contributed by atoms with van der Waals surface area (Å²) in [4.78, 5) is 30.3. The number of aromatic nitrogens is 2. The number of aryl methyl sites for hydroxylation is 1. The number of carbonyl (C=O) groups is 1. The van der Waals surface area contributed by atoms with E-state index in [1.807, 2.05) is 51.1 Å². The van der Waals surface area contributed by atoms with Crippen LogP contribution < -0.4 is 10.9 Å². The summed E-state index contributed by atoms with van der Waals surface area (Å²) in [5.74, 6) is 0.0152. The Balaban J connectivity index is 2.27. The summed E-state index contributed by atoms with van der Waals surface area (Å²) >= 11 is 1.38. The van der Waals surface area contributed by atoms with E-state index < -0.39 is 0 Å². The molecule has 0 fully saturated rings. The van der Waals surface area contributed by atoms with Crippen LogP contribution in [0.4, 0.5) is 0 Å². The highest BCUT2D eigenvalue weighted by Gasteiger charge is 2.23. The molecule has 0 spiro atoms. The zero-order valence-electron chi connectivity index (χ0n) is 17.5. The molecular formula is C22H31N3O2S. The zero-order chi connectivity index (χ0) is 20.7. The van der Waals surface area contributed by atoms with Crippen LogP contribution in [-0.2, 0) is 18.3 Å². The van der Waals surface area contributed by atoms with Crippen molar-refractivity contribution < 1.29 is 4.79 Å². The van der Waals surface area contributed by atoms with Gasteiger partial charge in [-0.05, 0) is 32.3 Å². The summed E-state index contributed by atoms with van der Waals surface area (Å²) < 4.78 is 1.58. The third-order valence-corrected chi connectivity index (χ3v) is 6.18. The number of rotatable bonds is 9. The van der Waals surface area contributed by atoms with Crippen LogP contribution in [-0.4, -0.2) is 26.8 Å². The van der Waals surface area contributed by atoms with Crippen LogP contribution in [0.2, 0.25) is 0 Å². The molecule has 0 bridgehead atoms. The Labute approximate surface area is 172 Å². The van der Waals surface area contributed by atoms with Crippen molar-refractivity contribution in [1.82, 2.24) is 14.9 Å². The van der Waals surface area contributed by atoms with E-state index in [-0.39, 0.29) is 22.8 Å². The number of carbonyl (C=O) groups excluding carboxylic acids is 1. The standard InChI is InChI=1S/C22H31N3O2S/c1-6-11-19(20(26)23-15(3)7-2)28-22-24-16(4)18(21(27)25(22)5)14-17-12-9-8-10-13-17/h8-10,12-13,15,19H,6-7,11,14H2,1-5H3,(H,23,26). The van der Waals surface area contributed by atoms with Crippen LogP contribution in [0.3, 0.4) is 0 Å². The Kier molecular flexibility index (Phi) is 8.30. The number of amides is 1. The second kappa shape index (κ2) is 10.5. The van der Waals surface area contributed by atoms with E-state index in [9.17, 15) is 9.59 Å². The monoisotopic (exact) mass is 401 g/mol. The highest BCUT2D eigenvalue weighted by Crippen LogP contribution is 2.25. The maximum absolute atomic E-state index is 13.0. The molecule has 1 amide bonds. The first-order chi connectivity index (χ1) is 13.4. The Morgan fingerprint density at radius 3 is 2.54 bits per heavy atom. The van der Waals surface area contributed by atoms with Gasteiger partial charge in [-0.25, -0.2) is 4.98 Å². The van der Waals surface area contributed by atoms with Crippen LogP contribution in [0.5, 0.6) is 0 Å². The van der Waals surface area contributed by atoms with Crippen LogP contribution >= 0.6 is 11.8 Å². The lowest BCUT2D eigenvalue weighted by Crippen LogP contribution is -2.39. The molecular weight excluding hydrogens is 370 g/mol. The van der Waals surface area contributed by atoms with Crippen molar-refractivity contribution in [3.63, 3.8) is 0 Å². The first kappa shape index (κ1) is 22.2. The number of nitrogens with one attached hydrogen (secondary N) is 1. The summed E-state index contributed by atoms with van der Waals surface area (Å²) in [5, 5.41) is 3.39. The third-order valence-electron chi connectivity index (χ3n) is 4.87. The fraction of sp³-hybridized carbons (Fsp3) is 0.500. The molecule has 0 radical (unpaired) electrons. The molecule has 0 aliphatic rings. The summed E-state index contributed by atoms with van der Waals surface area (Å²) in [5.41, 5.74) is 2.47. The van der Waals surface area contributed by atoms with E-state index in [0.717, 1.165) is 30.5 Å². The number of benzene rings is 1. The minimum absolute atomic E-state index is 0.0152. The van der Waals surface area contributed by atoms with Gasteiger partial charge in [0.2, 0.25) is 5.91 Å². The predicted molar refractivity (Wildman–Crippen MR) is 116 cm³/mol. The fourth-order valence-electron chi connectivity index (χ4n) is 2.91. The van der Waals surface area contributed by atoms with Gasteiger partial charge in [0.25, 0.3) is 5.56 Å². The highest BCUT2D eigenvalue weighted by atomic mass is 32.2. The van der Waals surface area contributed by atoms with Gasteiger partial charge in [-0.3, -0.25) is 14.2 Å². The lowest BCUT2D eigenvalue weighted by atomic mass is 10.1. The largest absolute Gasteiger partial charge is 0.353 e. The molecule has 1 N–H and O–H groups in total. The van der Waals surface area contributed by atoms with Crippen LogP contribution in [0.1, 0.15) is 56.9 Å². The second-order valence-electron chi connectivity index (χ2n) is 7.20. The number of hydrogen-bond donors (Lipinski definition) is 1. The van der Waals surface area contributed by atoms with E-state index in [1.165, 1.54) is 11.8 Å². The van der Waals surface area contributed by atoms with Gasteiger partial charge in [0.15, 0.2) is 5.16 Å². The smallest absolute Gasteiger partial charge is 0.257 e. The Bertz CT molecular complexity index is 849. The molecule has 0 saturated heterocycles. The summed E-state index contributed by atoms with van der Waals surface area (Å²) in [6, 6.07) is 10.1. The minimum Gasteiger partial charge on any atom is -0.353 e. The molecule has 0 aliphatic carbocycles. The van der Waals surface area contributed by atoms with Crippen molar-refractivity contribution in [3.05, 3.63) is 57.5 Å². The summed E-state index contributed by atoms with van der Waals surface area (Å²) in [7, 11) is 1.74. The first-order valence-electron chi connectivity index (χ1n) is 9.94. The average molecular weight is 402 g/mol. The van der Waals surface area contributed by atoms with Crippen LogP contribution in [0.25, 0.3) is 0 Å². The number of hydrogen-bond acceptors (Lipinski definition) is 4. The molecule has 152 valence electrons. The lowest BCUT2D eigenvalue weighted by Gasteiger charge is -2.20. The number of nitrogens with zero attached hydrogens (tertiary/aromatic N) is 2. The highest BCUT2D eigenvalue weighted by molar-refractivity contribution is 8.00. The van der Waals surface area contributed by atoms with E-state index in [1.54, 1.807) is 11.6 Å². The van der Waals surface area contributed by atoms with Gasteiger partial charge in [0.1, 0.15) is 0 Å². The molecule has 2 aromatic rings. The summed E-state index contributed by atoms with van der Waals surface area (Å²) in [6.45, 7) is 7.98. The van der Waals surface area contributed by atoms with Crippen molar-refractivity contribution in [3.8, 4) is 0 Å². The van der Waals surface area contributed by atoms with Gasteiger partial charge >= 0.3 is 0 Å². The van der Waals surface area contributed by atoms with Gasteiger partial charge in [0, 0.05) is 30.8 Å². The van der Waals surface area contributed by atoms with Crippen molar-refractivity contribution in [2.45, 2.75) is 69.8 Å². The SMILES string of the molecule is CCCC(Sc1nc(C)c(Cc2ccccc2)c(=O)n1C)C(=O)NC(C)CC. The maximum Gasteiger partial charge on any atom is 0.257 e. The molecule has 6 heteroatoms.